The molecule has 1 rings (SSSR count). The van der Waals surface area contributed by atoms with E-state index in [9.17, 15) is 0 Å². The van der Waals surface area contributed by atoms with Crippen LogP contribution in [0.2, 0.25) is 0 Å². The average molecular weight is 208 g/mol. The van der Waals surface area contributed by atoms with Gasteiger partial charge in [0, 0.05) is 20.1 Å². The van der Waals surface area contributed by atoms with Crippen molar-refractivity contribution in [2.45, 2.75) is 12.8 Å². The van der Waals surface area contributed by atoms with Crippen LogP contribution >= 0.6 is 0 Å². The second-order valence-corrected chi connectivity index (χ2v) is 3.80. The van der Waals surface area contributed by atoms with E-state index in [1.165, 1.54) is 5.56 Å². The minimum Gasteiger partial charge on any atom is -0.384 e. The van der Waals surface area contributed by atoms with E-state index in [4.69, 9.17) is 9.47 Å². The molecular formula is C13H20O2. The summed E-state index contributed by atoms with van der Waals surface area (Å²) in [5, 5.41) is 0. The van der Waals surface area contributed by atoms with Gasteiger partial charge in [-0.3, -0.25) is 0 Å². The molecule has 0 aliphatic rings. The summed E-state index contributed by atoms with van der Waals surface area (Å²) in [6.45, 7) is 1.56. The summed E-state index contributed by atoms with van der Waals surface area (Å²) in [6.07, 6.45) is 2.21. The highest BCUT2D eigenvalue weighted by atomic mass is 16.5. The number of hydrogen-bond donors (Lipinski definition) is 0. The summed E-state index contributed by atoms with van der Waals surface area (Å²) >= 11 is 0. The lowest BCUT2D eigenvalue weighted by molar-refractivity contribution is 0.0807. The van der Waals surface area contributed by atoms with Gasteiger partial charge in [-0.15, -0.1) is 0 Å². The highest BCUT2D eigenvalue weighted by Crippen LogP contribution is 2.10. The fourth-order valence-corrected chi connectivity index (χ4v) is 1.70. The lowest BCUT2D eigenvalue weighted by atomic mass is 10.0. The van der Waals surface area contributed by atoms with Gasteiger partial charge < -0.3 is 9.47 Å². The van der Waals surface area contributed by atoms with Crippen molar-refractivity contribution in [1.82, 2.24) is 0 Å². The largest absolute Gasteiger partial charge is 0.384 e. The summed E-state index contributed by atoms with van der Waals surface area (Å²) in [5.74, 6) is 0.500. The van der Waals surface area contributed by atoms with Crippen molar-refractivity contribution in [2.75, 3.05) is 27.4 Å². The summed E-state index contributed by atoms with van der Waals surface area (Å²) in [7, 11) is 3.48. The molecule has 0 fully saturated rings. The van der Waals surface area contributed by atoms with Crippen molar-refractivity contribution in [3.05, 3.63) is 35.9 Å². The molecule has 0 saturated heterocycles. The Morgan fingerprint density at radius 1 is 1.00 bits per heavy atom. The van der Waals surface area contributed by atoms with Crippen LogP contribution in [0.4, 0.5) is 0 Å². The fourth-order valence-electron chi connectivity index (χ4n) is 1.70. The van der Waals surface area contributed by atoms with Gasteiger partial charge in [-0.25, -0.2) is 0 Å². The number of rotatable bonds is 7. The van der Waals surface area contributed by atoms with Gasteiger partial charge in [-0.2, -0.15) is 0 Å². The first-order valence-electron chi connectivity index (χ1n) is 5.38. The zero-order valence-corrected chi connectivity index (χ0v) is 9.61. The number of aryl methyl sites for hydroxylation is 1. The van der Waals surface area contributed by atoms with E-state index in [0.717, 1.165) is 26.1 Å². The summed E-state index contributed by atoms with van der Waals surface area (Å²) in [4.78, 5) is 0. The standard InChI is InChI=1S/C13H20O2/c1-14-10-13(11-15-2)9-8-12-6-4-3-5-7-12/h3-7,13H,8-11H2,1-2H3. The number of ether oxygens (including phenoxy) is 2. The van der Waals surface area contributed by atoms with Crippen LogP contribution in [0.3, 0.4) is 0 Å². The lowest BCUT2D eigenvalue weighted by Gasteiger charge is -2.14. The van der Waals surface area contributed by atoms with Gasteiger partial charge in [0.1, 0.15) is 0 Å². The predicted octanol–water partition coefficient (Wildman–Crippen LogP) is 2.53. The van der Waals surface area contributed by atoms with Gasteiger partial charge in [0.15, 0.2) is 0 Å². The minimum atomic E-state index is 0.500. The van der Waals surface area contributed by atoms with Crippen LogP contribution < -0.4 is 0 Å². The Morgan fingerprint density at radius 3 is 2.13 bits per heavy atom. The van der Waals surface area contributed by atoms with Gasteiger partial charge >= 0.3 is 0 Å². The predicted molar refractivity (Wildman–Crippen MR) is 62.0 cm³/mol. The molecular weight excluding hydrogens is 188 g/mol. The first-order chi connectivity index (χ1) is 7.36. The Kier molecular flexibility index (Phi) is 6.05. The minimum absolute atomic E-state index is 0.500. The molecule has 0 saturated carbocycles. The summed E-state index contributed by atoms with van der Waals surface area (Å²) in [6, 6.07) is 10.5. The van der Waals surface area contributed by atoms with E-state index in [-0.39, 0.29) is 0 Å². The third-order valence-electron chi connectivity index (χ3n) is 2.49. The van der Waals surface area contributed by atoms with Crippen molar-refractivity contribution in [3.63, 3.8) is 0 Å². The first-order valence-corrected chi connectivity index (χ1v) is 5.38. The van der Waals surface area contributed by atoms with E-state index in [2.05, 4.69) is 24.3 Å². The molecule has 15 heavy (non-hydrogen) atoms. The van der Waals surface area contributed by atoms with E-state index in [1.54, 1.807) is 14.2 Å². The molecule has 1 aromatic carbocycles. The molecule has 2 heteroatoms. The molecule has 0 atom stereocenters. The van der Waals surface area contributed by atoms with E-state index < -0.39 is 0 Å². The van der Waals surface area contributed by atoms with Crippen LogP contribution in [0.25, 0.3) is 0 Å². The zero-order valence-electron chi connectivity index (χ0n) is 9.61. The summed E-state index contributed by atoms with van der Waals surface area (Å²) < 4.78 is 10.3. The van der Waals surface area contributed by atoms with Crippen molar-refractivity contribution in [2.24, 2.45) is 5.92 Å². The van der Waals surface area contributed by atoms with Crippen molar-refractivity contribution >= 4 is 0 Å². The number of benzene rings is 1. The fraction of sp³-hybridized carbons (Fsp3) is 0.538. The zero-order chi connectivity index (χ0) is 10.9. The van der Waals surface area contributed by atoms with Crippen molar-refractivity contribution < 1.29 is 9.47 Å². The van der Waals surface area contributed by atoms with Gasteiger partial charge in [0.2, 0.25) is 0 Å². The van der Waals surface area contributed by atoms with Gasteiger partial charge in [0.25, 0.3) is 0 Å². The molecule has 84 valence electrons. The monoisotopic (exact) mass is 208 g/mol. The molecule has 0 amide bonds. The van der Waals surface area contributed by atoms with E-state index in [0.29, 0.717) is 5.92 Å². The third kappa shape index (κ3) is 4.96. The first kappa shape index (κ1) is 12.2. The van der Waals surface area contributed by atoms with Gasteiger partial charge in [-0.1, -0.05) is 30.3 Å². The maximum absolute atomic E-state index is 5.16. The average Bonchev–Trinajstić information content (AvgIpc) is 2.28. The van der Waals surface area contributed by atoms with Crippen LogP contribution in [0, 0.1) is 5.92 Å². The maximum atomic E-state index is 5.16. The van der Waals surface area contributed by atoms with Crippen molar-refractivity contribution in [1.29, 1.82) is 0 Å². The molecule has 0 aromatic heterocycles. The SMILES string of the molecule is COCC(CCc1ccccc1)COC. The Hall–Kier alpha value is -0.860. The quantitative estimate of drug-likeness (QED) is 0.685. The Morgan fingerprint density at radius 2 is 1.60 bits per heavy atom. The molecule has 2 nitrogen and oxygen atoms in total. The van der Waals surface area contributed by atoms with Crippen LogP contribution in [0.1, 0.15) is 12.0 Å². The van der Waals surface area contributed by atoms with Crippen molar-refractivity contribution in [3.8, 4) is 0 Å². The maximum Gasteiger partial charge on any atom is 0.0512 e. The smallest absolute Gasteiger partial charge is 0.0512 e. The number of hydrogen-bond acceptors (Lipinski definition) is 2. The Balaban J connectivity index is 2.33. The Bertz CT molecular complexity index is 240. The third-order valence-corrected chi connectivity index (χ3v) is 2.49. The van der Waals surface area contributed by atoms with E-state index in [1.807, 2.05) is 6.07 Å². The Labute approximate surface area is 92.2 Å². The lowest BCUT2D eigenvalue weighted by Crippen LogP contribution is -2.15. The molecule has 0 bridgehead atoms. The summed E-state index contributed by atoms with van der Waals surface area (Å²) in [5.41, 5.74) is 1.38. The van der Waals surface area contributed by atoms with Crippen LogP contribution in [0.5, 0.6) is 0 Å². The van der Waals surface area contributed by atoms with Gasteiger partial charge in [0.05, 0.1) is 13.2 Å². The molecule has 0 aliphatic heterocycles. The number of methoxy groups -OCH3 is 2. The molecule has 0 unspecified atom stereocenters. The molecule has 0 spiro atoms. The molecule has 1 aromatic rings. The second kappa shape index (κ2) is 7.43. The van der Waals surface area contributed by atoms with Crippen LogP contribution in [-0.2, 0) is 15.9 Å². The van der Waals surface area contributed by atoms with Crippen LogP contribution in [0.15, 0.2) is 30.3 Å². The normalized spacial score (nSPS) is 10.9. The topological polar surface area (TPSA) is 18.5 Å². The molecule has 0 aliphatic carbocycles. The second-order valence-electron chi connectivity index (χ2n) is 3.80. The molecule has 0 radical (unpaired) electrons. The molecule has 0 heterocycles. The highest BCUT2D eigenvalue weighted by molar-refractivity contribution is 5.14. The molecule has 0 N–H and O–H groups in total. The van der Waals surface area contributed by atoms with E-state index >= 15 is 0 Å². The van der Waals surface area contributed by atoms with Crippen LogP contribution in [-0.4, -0.2) is 27.4 Å². The van der Waals surface area contributed by atoms with Gasteiger partial charge in [-0.05, 0) is 18.4 Å². The highest BCUT2D eigenvalue weighted by Gasteiger charge is 2.07.